The topological polar surface area (TPSA) is 90.7 Å². The Morgan fingerprint density at radius 2 is 1.79 bits per heavy atom. The summed E-state index contributed by atoms with van der Waals surface area (Å²) < 4.78 is 38.4. The van der Waals surface area contributed by atoms with Crippen LogP contribution in [0.4, 0.5) is 30.5 Å². The van der Waals surface area contributed by atoms with Gasteiger partial charge in [-0.3, -0.25) is 4.79 Å². The number of nitrogens with one attached hydrogen (secondary N) is 2. The van der Waals surface area contributed by atoms with Crippen molar-refractivity contribution in [1.29, 1.82) is 5.26 Å². The highest BCUT2D eigenvalue weighted by atomic mass is 19.4. The number of hydrogen-bond acceptors (Lipinski definition) is 5. The number of rotatable bonds is 4. The van der Waals surface area contributed by atoms with Crippen molar-refractivity contribution < 1.29 is 18.0 Å². The van der Waals surface area contributed by atoms with Gasteiger partial charge in [0.15, 0.2) is 0 Å². The third-order valence-corrected chi connectivity index (χ3v) is 3.61. The standard InChI is InChI=1S/C19H12F3N5O/c20-19(21,22)13-2-1-3-15(10-13)26-18-24-9-8-16(27-18)17(28)25-14-6-4-12(11-23)5-7-14/h1-10H,(H,25,28)(H,24,26,27). The second kappa shape index (κ2) is 7.75. The van der Waals surface area contributed by atoms with Crippen LogP contribution in [0.2, 0.25) is 0 Å². The highest BCUT2D eigenvalue weighted by Gasteiger charge is 2.30. The first kappa shape index (κ1) is 18.8. The molecule has 9 heteroatoms. The maximum Gasteiger partial charge on any atom is 0.416 e. The molecule has 0 aliphatic rings. The van der Waals surface area contributed by atoms with E-state index in [2.05, 4.69) is 20.6 Å². The van der Waals surface area contributed by atoms with E-state index >= 15 is 0 Å². The van der Waals surface area contributed by atoms with Crippen molar-refractivity contribution in [2.75, 3.05) is 10.6 Å². The molecular weight excluding hydrogens is 371 g/mol. The number of nitrogens with zero attached hydrogens (tertiary/aromatic N) is 3. The summed E-state index contributed by atoms with van der Waals surface area (Å²) in [6.07, 6.45) is -3.15. The van der Waals surface area contributed by atoms with Crippen LogP contribution in [0.5, 0.6) is 0 Å². The molecule has 0 saturated heterocycles. The molecule has 3 rings (SSSR count). The Kier molecular flexibility index (Phi) is 5.22. The van der Waals surface area contributed by atoms with Crippen molar-refractivity contribution in [3.8, 4) is 6.07 Å². The Morgan fingerprint density at radius 3 is 2.46 bits per heavy atom. The van der Waals surface area contributed by atoms with Gasteiger partial charge in [0, 0.05) is 17.6 Å². The molecule has 2 N–H and O–H groups in total. The summed E-state index contributed by atoms with van der Waals surface area (Å²) in [4.78, 5) is 20.3. The Balaban J connectivity index is 1.75. The zero-order chi connectivity index (χ0) is 20.1. The SMILES string of the molecule is N#Cc1ccc(NC(=O)c2ccnc(Nc3cccc(C(F)(F)F)c3)n2)cc1. The maximum absolute atomic E-state index is 12.8. The lowest BCUT2D eigenvalue weighted by atomic mass is 10.2. The molecule has 0 unspecified atom stereocenters. The normalized spacial score (nSPS) is 10.8. The lowest BCUT2D eigenvalue weighted by Gasteiger charge is -2.10. The van der Waals surface area contributed by atoms with Gasteiger partial charge in [0.05, 0.1) is 17.2 Å². The van der Waals surface area contributed by atoms with Gasteiger partial charge in [-0.05, 0) is 48.5 Å². The molecule has 1 aromatic heterocycles. The summed E-state index contributed by atoms with van der Waals surface area (Å²) in [6, 6.07) is 14.1. The Labute approximate surface area is 157 Å². The van der Waals surface area contributed by atoms with Crippen molar-refractivity contribution in [2.24, 2.45) is 0 Å². The fourth-order valence-electron chi connectivity index (χ4n) is 2.27. The van der Waals surface area contributed by atoms with Crippen LogP contribution in [0, 0.1) is 11.3 Å². The Morgan fingerprint density at radius 1 is 1.04 bits per heavy atom. The van der Waals surface area contributed by atoms with E-state index in [4.69, 9.17) is 5.26 Å². The van der Waals surface area contributed by atoms with Crippen LogP contribution in [0.1, 0.15) is 21.6 Å². The van der Waals surface area contributed by atoms with E-state index in [9.17, 15) is 18.0 Å². The van der Waals surface area contributed by atoms with Crippen LogP contribution < -0.4 is 10.6 Å². The molecule has 0 spiro atoms. The molecular formula is C19H12F3N5O. The monoisotopic (exact) mass is 383 g/mol. The molecule has 1 amide bonds. The predicted octanol–water partition coefficient (Wildman–Crippen LogP) is 4.36. The summed E-state index contributed by atoms with van der Waals surface area (Å²) in [7, 11) is 0. The molecule has 0 aliphatic carbocycles. The van der Waals surface area contributed by atoms with Crippen molar-refractivity contribution in [3.05, 3.63) is 77.6 Å². The first-order valence-corrected chi connectivity index (χ1v) is 7.94. The summed E-state index contributed by atoms with van der Waals surface area (Å²) in [5.74, 6) is -0.550. The largest absolute Gasteiger partial charge is 0.416 e. The highest BCUT2D eigenvalue weighted by Crippen LogP contribution is 2.31. The van der Waals surface area contributed by atoms with E-state index in [1.165, 1.54) is 24.4 Å². The van der Waals surface area contributed by atoms with Crippen LogP contribution in [-0.2, 0) is 6.18 Å². The van der Waals surface area contributed by atoms with Crippen LogP contribution in [0.3, 0.4) is 0 Å². The molecule has 0 fully saturated rings. The number of alkyl halides is 3. The fraction of sp³-hybridized carbons (Fsp3) is 0.0526. The number of amides is 1. The first-order valence-electron chi connectivity index (χ1n) is 7.94. The van der Waals surface area contributed by atoms with E-state index < -0.39 is 17.6 Å². The molecule has 0 radical (unpaired) electrons. The van der Waals surface area contributed by atoms with Crippen LogP contribution in [0.25, 0.3) is 0 Å². The Bertz CT molecular complexity index is 1040. The average Bonchev–Trinajstić information content (AvgIpc) is 2.68. The van der Waals surface area contributed by atoms with E-state index in [-0.39, 0.29) is 17.3 Å². The quantitative estimate of drug-likeness (QED) is 0.698. The molecule has 0 aliphatic heterocycles. The molecule has 28 heavy (non-hydrogen) atoms. The highest BCUT2D eigenvalue weighted by molar-refractivity contribution is 6.03. The minimum absolute atomic E-state index is 0.0215. The number of carbonyl (C=O) groups excluding carboxylic acids is 1. The minimum Gasteiger partial charge on any atom is -0.324 e. The van der Waals surface area contributed by atoms with Gasteiger partial charge in [-0.25, -0.2) is 9.97 Å². The van der Waals surface area contributed by atoms with Crippen LogP contribution >= 0.6 is 0 Å². The molecule has 2 aromatic carbocycles. The average molecular weight is 383 g/mol. The third kappa shape index (κ3) is 4.62. The molecule has 1 heterocycles. The van der Waals surface area contributed by atoms with E-state index in [1.807, 2.05) is 6.07 Å². The van der Waals surface area contributed by atoms with Crippen molar-refractivity contribution in [2.45, 2.75) is 6.18 Å². The Hall–Kier alpha value is -3.93. The van der Waals surface area contributed by atoms with Crippen molar-refractivity contribution in [1.82, 2.24) is 9.97 Å². The van der Waals surface area contributed by atoms with E-state index in [0.29, 0.717) is 11.3 Å². The lowest BCUT2D eigenvalue weighted by molar-refractivity contribution is -0.137. The van der Waals surface area contributed by atoms with Gasteiger partial charge < -0.3 is 10.6 Å². The zero-order valence-electron chi connectivity index (χ0n) is 14.2. The van der Waals surface area contributed by atoms with E-state index in [1.54, 1.807) is 24.3 Å². The van der Waals surface area contributed by atoms with Gasteiger partial charge in [-0.15, -0.1) is 0 Å². The number of benzene rings is 2. The van der Waals surface area contributed by atoms with Gasteiger partial charge in [-0.1, -0.05) is 6.07 Å². The molecule has 6 nitrogen and oxygen atoms in total. The molecule has 0 bridgehead atoms. The first-order chi connectivity index (χ1) is 13.3. The van der Waals surface area contributed by atoms with Gasteiger partial charge in [-0.2, -0.15) is 18.4 Å². The van der Waals surface area contributed by atoms with E-state index in [0.717, 1.165) is 12.1 Å². The lowest BCUT2D eigenvalue weighted by Crippen LogP contribution is -2.14. The van der Waals surface area contributed by atoms with Gasteiger partial charge in [0.1, 0.15) is 5.69 Å². The smallest absolute Gasteiger partial charge is 0.324 e. The van der Waals surface area contributed by atoms with Crippen molar-refractivity contribution >= 4 is 23.2 Å². The maximum atomic E-state index is 12.8. The number of aromatic nitrogens is 2. The van der Waals surface area contributed by atoms with Crippen molar-refractivity contribution in [3.63, 3.8) is 0 Å². The molecule has 0 atom stereocenters. The fourth-order valence-corrected chi connectivity index (χ4v) is 2.27. The predicted molar refractivity (Wildman–Crippen MR) is 95.9 cm³/mol. The summed E-state index contributed by atoms with van der Waals surface area (Å²) in [5, 5.41) is 14.0. The molecule has 140 valence electrons. The number of anilines is 3. The minimum atomic E-state index is -4.47. The number of hydrogen-bond donors (Lipinski definition) is 2. The molecule has 0 saturated carbocycles. The van der Waals surface area contributed by atoms with Gasteiger partial charge in [0.2, 0.25) is 5.95 Å². The van der Waals surface area contributed by atoms with Crippen LogP contribution in [0.15, 0.2) is 60.8 Å². The number of carbonyl (C=O) groups is 1. The third-order valence-electron chi connectivity index (χ3n) is 3.61. The number of halogens is 3. The number of nitriles is 1. The van der Waals surface area contributed by atoms with Gasteiger partial charge in [0.25, 0.3) is 5.91 Å². The second-order valence-corrected chi connectivity index (χ2v) is 5.61. The summed E-state index contributed by atoms with van der Waals surface area (Å²) in [5.41, 5.74) is 0.267. The zero-order valence-corrected chi connectivity index (χ0v) is 14.2. The second-order valence-electron chi connectivity index (χ2n) is 5.61. The summed E-state index contributed by atoms with van der Waals surface area (Å²) >= 11 is 0. The summed E-state index contributed by atoms with van der Waals surface area (Å²) in [6.45, 7) is 0. The van der Waals surface area contributed by atoms with Gasteiger partial charge >= 0.3 is 6.18 Å². The van der Waals surface area contributed by atoms with Crippen LogP contribution in [-0.4, -0.2) is 15.9 Å². The molecule has 3 aromatic rings.